The second-order valence-electron chi connectivity index (χ2n) is 7.57. The van der Waals surface area contributed by atoms with Crippen LogP contribution in [0.15, 0.2) is 54.9 Å². The lowest BCUT2D eigenvalue weighted by Crippen LogP contribution is -2.56. The second kappa shape index (κ2) is 8.00. The number of nitrogens with zero attached hydrogens (tertiary/aromatic N) is 3. The lowest BCUT2D eigenvalue weighted by molar-refractivity contribution is -0.141. The Bertz CT molecular complexity index is 719. The molecule has 26 heavy (non-hydrogen) atoms. The molecule has 4 nitrogen and oxygen atoms in total. The first-order chi connectivity index (χ1) is 12.8. The number of benzene rings is 1. The highest BCUT2D eigenvalue weighted by Gasteiger charge is 2.38. The van der Waals surface area contributed by atoms with Crippen LogP contribution in [0.4, 0.5) is 0 Å². The van der Waals surface area contributed by atoms with Crippen molar-refractivity contribution < 1.29 is 4.79 Å². The minimum absolute atomic E-state index is 0.350. The fourth-order valence-electron chi connectivity index (χ4n) is 4.50. The predicted molar refractivity (Wildman–Crippen MR) is 103 cm³/mol. The van der Waals surface area contributed by atoms with Gasteiger partial charge in [0.15, 0.2) is 0 Å². The number of carbonyl (C=O) groups is 1. The number of rotatable bonds is 5. The molecule has 2 saturated heterocycles. The van der Waals surface area contributed by atoms with Gasteiger partial charge < -0.3 is 4.90 Å². The summed E-state index contributed by atoms with van der Waals surface area (Å²) in [5.41, 5.74) is 2.59. The zero-order chi connectivity index (χ0) is 17.8. The highest BCUT2D eigenvalue weighted by atomic mass is 16.2. The van der Waals surface area contributed by atoms with Crippen LogP contribution in [0, 0.1) is 5.92 Å². The third-order valence-electron chi connectivity index (χ3n) is 5.84. The Morgan fingerprint density at radius 2 is 1.88 bits per heavy atom. The molecular weight excluding hydrogens is 322 g/mol. The maximum atomic E-state index is 12.5. The molecule has 2 aliphatic heterocycles. The molecule has 1 aromatic heterocycles. The van der Waals surface area contributed by atoms with Crippen LogP contribution in [0.2, 0.25) is 0 Å². The van der Waals surface area contributed by atoms with Crippen LogP contribution in [-0.4, -0.2) is 46.4 Å². The van der Waals surface area contributed by atoms with Crippen molar-refractivity contribution in [3.8, 4) is 0 Å². The van der Waals surface area contributed by atoms with Crippen molar-refractivity contribution >= 4 is 5.91 Å². The molecule has 4 heteroatoms. The highest BCUT2D eigenvalue weighted by molar-refractivity contribution is 5.77. The number of aromatic nitrogens is 1. The summed E-state index contributed by atoms with van der Waals surface area (Å²) in [6.45, 7) is 3.97. The van der Waals surface area contributed by atoms with Crippen molar-refractivity contribution in [2.75, 3.05) is 19.6 Å². The summed E-state index contributed by atoms with van der Waals surface area (Å²) in [7, 11) is 0. The number of fused-ring (bicyclic) bond motifs is 1. The Morgan fingerprint density at radius 1 is 1.04 bits per heavy atom. The SMILES string of the molecule is O=C1CC[C@H]2CN(Cc3cccnc3)CC[C@H]2N1CCc1ccccc1. The van der Waals surface area contributed by atoms with E-state index in [0.717, 1.165) is 45.4 Å². The summed E-state index contributed by atoms with van der Waals surface area (Å²) in [6.07, 6.45) is 7.57. The van der Waals surface area contributed by atoms with E-state index in [1.165, 1.54) is 11.1 Å². The first-order valence-electron chi connectivity index (χ1n) is 9.74. The molecule has 0 saturated carbocycles. The molecule has 0 N–H and O–H groups in total. The van der Waals surface area contributed by atoms with E-state index in [-0.39, 0.29) is 0 Å². The molecule has 0 aliphatic carbocycles. The monoisotopic (exact) mass is 349 g/mol. The van der Waals surface area contributed by atoms with Crippen molar-refractivity contribution in [3.05, 3.63) is 66.0 Å². The van der Waals surface area contributed by atoms with Gasteiger partial charge in [-0.15, -0.1) is 0 Å². The van der Waals surface area contributed by atoms with Crippen LogP contribution in [0.5, 0.6) is 0 Å². The predicted octanol–water partition coefficient (Wildman–Crippen LogP) is 3.14. The van der Waals surface area contributed by atoms with Gasteiger partial charge in [0.2, 0.25) is 5.91 Å². The van der Waals surface area contributed by atoms with Gasteiger partial charge in [0.25, 0.3) is 0 Å². The van der Waals surface area contributed by atoms with Gasteiger partial charge >= 0.3 is 0 Å². The summed E-state index contributed by atoms with van der Waals surface area (Å²) in [6, 6.07) is 15.1. The van der Waals surface area contributed by atoms with Crippen LogP contribution < -0.4 is 0 Å². The Kier molecular flexibility index (Phi) is 5.30. The Balaban J connectivity index is 1.37. The largest absolute Gasteiger partial charge is 0.339 e. The molecule has 1 amide bonds. The number of amides is 1. The Morgan fingerprint density at radius 3 is 2.69 bits per heavy atom. The van der Waals surface area contributed by atoms with E-state index < -0.39 is 0 Å². The molecule has 2 aliphatic rings. The van der Waals surface area contributed by atoms with Gasteiger partial charge in [-0.3, -0.25) is 14.7 Å². The molecule has 0 bridgehead atoms. The Hall–Kier alpha value is -2.20. The van der Waals surface area contributed by atoms with E-state index in [1.807, 2.05) is 24.5 Å². The van der Waals surface area contributed by atoms with Crippen molar-refractivity contribution in [2.24, 2.45) is 5.92 Å². The van der Waals surface area contributed by atoms with Gasteiger partial charge in [0.1, 0.15) is 0 Å². The quantitative estimate of drug-likeness (QED) is 0.832. The molecule has 2 aromatic rings. The molecule has 4 rings (SSSR count). The summed E-state index contributed by atoms with van der Waals surface area (Å²) in [5.74, 6) is 0.955. The third kappa shape index (κ3) is 3.96. The summed E-state index contributed by atoms with van der Waals surface area (Å²) in [5, 5.41) is 0. The van der Waals surface area contributed by atoms with Gasteiger partial charge in [0.05, 0.1) is 0 Å². The summed E-state index contributed by atoms with van der Waals surface area (Å²) < 4.78 is 0. The number of hydrogen-bond donors (Lipinski definition) is 0. The van der Waals surface area contributed by atoms with Crippen molar-refractivity contribution in [2.45, 2.75) is 38.3 Å². The van der Waals surface area contributed by atoms with E-state index in [9.17, 15) is 4.79 Å². The minimum Gasteiger partial charge on any atom is -0.339 e. The number of likely N-dealkylation sites (tertiary alicyclic amines) is 2. The molecule has 0 spiro atoms. The van der Waals surface area contributed by atoms with Gasteiger partial charge in [-0.05, 0) is 42.4 Å². The molecule has 1 aromatic carbocycles. The number of hydrogen-bond acceptors (Lipinski definition) is 3. The van der Waals surface area contributed by atoms with Crippen LogP contribution in [0.25, 0.3) is 0 Å². The molecule has 0 radical (unpaired) electrons. The van der Waals surface area contributed by atoms with Crippen LogP contribution in [0.1, 0.15) is 30.4 Å². The fourth-order valence-corrected chi connectivity index (χ4v) is 4.50. The normalized spacial score (nSPS) is 23.7. The van der Waals surface area contributed by atoms with E-state index in [4.69, 9.17) is 0 Å². The maximum Gasteiger partial charge on any atom is 0.222 e. The average Bonchev–Trinajstić information content (AvgIpc) is 2.69. The molecular formula is C22H27N3O. The standard InChI is InChI=1S/C22H27N3O/c26-22-9-8-20-17-24(16-19-7-4-12-23-15-19)13-11-21(20)25(22)14-10-18-5-2-1-3-6-18/h1-7,12,15,20-21H,8-11,13-14,16-17H2/t20-,21+/m0/s1. The third-order valence-corrected chi connectivity index (χ3v) is 5.84. The van der Waals surface area contributed by atoms with Gasteiger partial charge in [-0.1, -0.05) is 36.4 Å². The molecule has 3 heterocycles. The van der Waals surface area contributed by atoms with Crippen molar-refractivity contribution in [3.63, 3.8) is 0 Å². The topological polar surface area (TPSA) is 36.4 Å². The lowest BCUT2D eigenvalue weighted by Gasteiger charge is -2.47. The van der Waals surface area contributed by atoms with Crippen LogP contribution in [0.3, 0.4) is 0 Å². The number of piperidine rings is 2. The smallest absolute Gasteiger partial charge is 0.222 e. The zero-order valence-electron chi connectivity index (χ0n) is 15.3. The summed E-state index contributed by atoms with van der Waals surface area (Å²) >= 11 is 0. The van der Waals surface area contributed by atoms with Crippen molar-refractivity contribution in [1.82, 2.24) is 14.8 Å². The summed E-state index contributed by atoms with van der Waals surface area (Å²) in [4.78, 5) is 21.5. The zero-order valence-corrected chi connectivity index (χ0v) is 15.3. The molecule has 136 valence electrons. The van der Waals surface area contributed by atoms with Crippen LogP contribution >= 0.6 is 0 Å². The fraction of sp³-hybridized carbons (Fsp3) is 0.455. The van der Waals surface area contributed by atoms with Gasteiger partial charge in [-0.25, -0.2) is 0 Å². The van der Waals surface area contributed by atoms with E-state index >= 15 is 0 Å². The first-order valence-corrected chi connectivity index (χ1v) is 9.74. The first kappa shape index (κ1) is 17.2. The number of carbonyl (C=O) groups excluding carboxylic acids is 1. The highest BCUT2D eigenvalue weighted by Crippen LogP contribution is 2.32. The minimum atomic E-state index is 0.350. The van der Waals surface area contributed by atoms with E-state index in [1.54, 1.807) is 0 Å². The molecule has 2 fully saturated rings. The van der Waals surface area contributed by atoms with Gasteiger partial charge in [0, 0.05) is 51.0 Å². The lowest BCUT2D eigenvalue weighted by atomic mass is 9.83. The van der Waals surface area contributed by atoms with Crippen LogP contribution in [-0.2, 0) is 17.8 Å². The van der Waals surface area contributed by atoms with E-state index in [0.29, 0.717) is 24.3 Å². The maximum absolute atomic E-state index is 12.5. The second-order valence-corrected chi connectivity index (χ2v) is 7.57. The molecule has 2 atom stereocenters. The van der Waals surface area contributed by atoms with Gasteiger partial charge in [-0.2, -0.15) is 0 Å². The Labute approximate surface area is 155 Å². The molecule has 0 unspecified atom stereocenters. The average molecular weight is 349 g/mol. The van der Waals surface area contributed by atoms with Crippen molar-refractivity contribution in [1.29, 1.82) is 0 Å². The van der Waals surface area contributed by atoms with E-state index in [2.05, 4.69) is 45.1 Å². The number of pyridine rings is 1.